The van der Waals surface area contributed by atoms with Crippen LogP contribution in [-0.2, 0) is 4.79 Å². The molecule has 0 bridgehead atoms. The molecule has 2 N–H and O–H groups in total. The van der Waals surface area contributed by atoms with E-state index in [0.29, 0.717) is 10.9 Å². The second-order valence-electron chi connectivity index (χ2n) is 4.70. The van der Waals surface area contributed by atoms with Crippen LogP contribution in [0.2, 0.25) is 5.02 Å². The number of carbonyl (C=O) groups is 1. The molecule has 1 aliphatic heterocycles. The van der Waals surface area contributed by atoms with Crippen molar-refractivity contribution in [1.82, 2.24) is 5.32 Å². The second kappa shape index (κ2) is 5.07. The summed E-state index contributed by atoms with van der Waals surface area (Å²) in [6, 6.07) is 5.59. The average Bonchev–Trinajstić information content (AvgIpc) is 2.70. The van der Waals surface area contributed by atoms with Crippen molar-refractivity contribution >= 4 is 23.2 Å². The number of anilines is 1. The van der Waals surface area contributed by atoms with Gasteiger partial charge in [0.1, 0.15) is 0 Å². The van der Waals surface area contributed by atoms with Gasteiger partial charge in [-0.15, -0.1) is 0 Å². The molecule has 1 amide bonds. The Morgan fingerprint density at radius 3 is 2.82 bits per heavy atom. The Kier molecular flexibility index (Phi) is 3.69. The zero-order chi connectivity index (χ0) is 12.4. The maximum atomic E-state index is 12.0. The zero-order valence-electron chi connectivity index (χ0n) is 10.1. The first-order chi connectivity index (χ1) is 8.08. The predicted octanol–water partition coefficient (Wildman–Crippen LogP) is 2.44. The van der Waals surface area contributed by atoms with Gasteiger partial charge in [0.25, 0.3) is 0 Å². The van der Waals surface area contributed by atoms with Gasteiger partial charge in [0.15, 0.2) is 0 Å². The van der Waals surface area contributed by atoms with E-state index in [1.807, 2.05) is 19.1 Å². The Morgan fingerprint density at radius 1 is 1.47 bits per heavy atom. The molecule has 0 saturated carbocycles. The van der Waals surface area contributed by atoms with Gasteiger partial charge in [0.05, 0.1) is 5.92 Å². The van der Waals surface area contributed by atoms with Gasteiger partial charge in [-0.25, -0.2) is 0 Å². The molecule has 0 aromatic heterocycles. The summed E-state index contributed by atoms with van der Waals surface area (Å²) in [4.78, 5) is 12.0. The number of hydrogen-bond donors (Lipinski definition) is 2. The summed E-state index contributed by atoms with van der Waals surface area (Å²) in [5.41, 5.74) is 1.78. The summed E-state index contributed by atoms with van der Waals surface area (Å²) in [7, 11) is 0. The first-order valence-corrected chi connectivity index (χ1v) is 6.23. The van der Waals surface area contributed by atoms with Crippen molar-refractivity contribution in [3.63, 3.8) is 0 Å². The van der Waals surface area contributed by atoms with E-state index in [2.05, 4.69) is 17.6 Å². The van der Waals surface area contributed by atoms with Crippen molar-refractivity contribution < 1.29 is 4.79 Å². The van der Waals surface area contributed by atoms with Crippen molar-refractivity contribution in [2.24, 2.45) is 11.8 Å². The lowest BCUT2D eigenvalue weighted by atomic mass is 9.97. The van der Waals surface area contributed by atoms with Gasteiger partial charge < -0.3 is 10.6 Å². The summed E-state index contributed by atoms with van der Waals surface area (Å²) in [5, 5.41) is 6.82. The molecule has 1 saturated heterocycles. The number of aryl methyl sites for hydroxylation is 1. The SMILES string of the molecule is Cc1ccc(NC(=O)[C@@H]2CNC[C@H]2C)cc1Cl. The van der Waals surface area contributed by atoms with Crippen molar-refractivity contribution in [2.45, 2.75) is 13.8 Å². The first-order valence-electron chi connectivity index (χ1n) is 5.85. The Bertz CT molecular complexity index is 433. The van der Waals surface area contributed by atoms with Crippen molar-refractivity contribution in [1.29, 1.82) is 0 Å². The molecule has 0 spiro atoms. The van der Waals surface area contributed by atoms with Crippen molar-refractivity contribution in [3.8, 4) is 0 Å². The van der Waals surface area contributed by atoms with E-state index < -0.39 is 0 Å². The molecular weight excluding hydrogens is 236 g/mol. The Balaban J connectivity index is 2.05. The maximum absolute atomic E-state index is 12.0. The highest BCUT2D eigenvalue weighted by atomic mass is 35.5. The molecule has 3 nitrogen and oxygen atoms in total. The summed E-state index contributed by atoms with van der Waals surface area (Å²) in [6.07, 6.45) is 0. The van der Waals surface area contributed by atoms with Gasteiger partial charge in [-0.1, -0.05) is 24.6 Å². The van der Waals surface area contributed by atoms with E-state index in [4.69, 9.17) is 11.6 Å². The highest BCUT2D eigenvalue weighted by Crippen LogP contribution is 2.22. The third-order valence-corrected chi connectivity index (χ3v) is 3.70. The number of carbonyl (C=O) groups excluding carboxylic acids is 1. The van der Waals surface area contributed by atoms with E-state index in [0.717, 1.165) is 24.3 Å². The summed E-state index contributed by atoms with van der Waals surface area (Å²) in [5.74, 6) is 0.508. The minimum Gasteiger partial charge on any atom is -0.326 e. The highest BCUT2D eigenvalue weighted by molar-refractivity contribution is 6.31. The topological polar surface area (TPSA) is 41.1 Å². The normalized spacial score (nSPS) is 23.7. The van der Waals surface area contributed by atoms with Crippen LogP contribution in [0.4, 0.5) is 5.69 Å². The molecule has 0 aliphatic carbocycles. The number of hydrogen-bond acceptors (Lipinski definition) is 2. The van der Waals surface area contributed by atoms with E-state index >= 15 is 0 Å². The molecule has 0 radical (unpaired) electrons. The molecular formula is C13H17ClN2O. The van der Waals surface area contributed by atoms with Gasteiger partial charge in [0, 0.05) is 17.3 Å². The van der Waals surface area contributed by atoms with Crippen molar-refractivity contribution in [2.75, 3.05) is 18.4 Å². The van der Waals surface area contributed by atoms with E-state index in [9.17, 15) is 4.79 Å². The molecule has 2 atom stereocenters. The van der Waals surface area contributed by atoms with E-state index in [-0.39, 0.29) is 11.8 Å². The minimum absolute atomic E-state index is 0.0510. The summed E-state index contributed by atoms with van der Waals surface area (Å²) in [6.45, 7) is 5.70. The van der Waals surface area contributed by atoms with Crippen LogP contribution in [0.5, 0.6) is 0 Å². The van der Waals surface area contributed by atoms with Crippen LogP contribution in [0, 0.1) is 18.8 Å². The lowest BCUT2D eigenvalue weighted by Crippen LogP contribution is -2.27. The van der Waals surface area contributed by atoms with E-state index in [1.54, 1.807) is 6.07 Å². The van der Waals surface area contributed by atoms with Gasteiger partial charge >= 0.3 is 0 Å². The molecule has 0 unspecified atom stereocenters. The molecule has 1 aliphatic rings. The molecule has 1 fully saturated rings. The molecule has 92 valence electrons. The lowest BCUT2D eigenvalue weighted by Gasteiger charge is -2.14. The third-order valence-electron chi connectivity index (χ3n) is 3.29. The van der Waals surface area contributed by atoms with Gasteiger partial charge in [-0.05, 0) is 37.1 Å². The van der Waals surface area contributed by atoms with Gasteiger partial charge in [0.2, 0.25) is 5.91 Å². The number of nitrogens with one attached hydrogen (secondary N) is 2. The smallest absolute Gasteiger partial charge is 0.229 e. The fourth-order valence-electron chi connectivity index (χ4n) is 2.07. The van der Waals surface area contributed by atoms with Crippen LogP contribution in [-0.4, -0.2) is 19.0 Å². The molecule has 1 heterocycles. The van der Waals surface area contributed by atoms with Gasteiger partial charge in [-0.2, -0.15) is 0 Å². The van der Waals surface area contributed by atoms with Crippen LogP contribution in [0.1, 0.15) is 12.5 Å². The van der Waals surface area contributed by atoms with Gasteiger partial charge in [-0.3, -0.25) is 4.79 Å². The number of halogens is 1. The third kappa shape index (κ3) is 2.79. The van der Waals surface area contributed by atoms with Crippen LogP contribution in [0.15, 0.2) is 18.2 Å². The van der Waals surface area contributed by atoms with Crippen molar-refractivity contribution in [3.05, 3.63) is 28.8 Å². The summed E-state index contributed by atoms with van der Waals surface area (Å²) >= 11 is 6.02. The second-order valence-corrected chi connectivity index (χ2v) is 5.10. The molecule has 1 aromatic rings. The van der Waals surface area contributed by atoms with Crippen LogP contribution in [0.3, 0.4) is 0 Å². The Hall–Kier alpha value is -1.06. The van der Waals surface area contributed by atoms with E-state index in [1.165, 1.54) is 0 Å². The fourth-order valence-corrected chi connectivity index (χ4v) is 2.25. The fraction of sp³-hybridized carbons (Fsp3) is 0.462. The minimum atomic E-state index is 0.0510. The largest absolute Gasteiger partial charge is 0.326 e. The zero-order valence-corrected chi connectivity index (χ0v) is 10.8. The maximum Gasteiger partial charge on any atom is 0.229 e. The molecule has 2 rings (SSSR count). The summed E-state index contributed by atoms with van der Waals surface area (Å²) < 4.78 is 0. The predicted molar refractivity (Wildman–Crippen MR) is 70.3 cm³/mol. The molecule has 1 aromatic carbocycles. The molecule has 4 heteroatoms. The van der Waals surface area contributed by atoms with Crippen LogP contribution < -0.4 is 10.6 Å². The standard InChI is InChI=1S/C13H17ClN2O/c1-8-3-4-10(5-12(8)14)16-13(17)11-7-15-6-9(11)2/h3-5,9,11,15H,6-7H2,1-2H3,(H,16,17)/t9-,11-/m1/s1. The first kappa shape index (κ1) is 12.4. The number of benzene rings is 1. The Labute approximate surface area is 107 Å². The van der Waals surface area contributed by atoms with Crippen LogP contribution in [0.25, 0.3) is 0 Å². The highest BCUT2D eigenvalue weighted by Gasteiger charge is 2.29. The lowest BCUT2D eigenvalue weighted by molar-refractivity contribution is -0.120. The number of amides is 1. The average molecular weight is 253 g/mol. The number of rotatable bonds is 2. The molecule has 17 heavy (non-hydrogen) atoms. The quantitative estimate of drug-likeness (QED) is 0.849. The monoisotopic (exact) mass is 252 g/mol. The van der Waals surface area contributed by atoms with Crippen LogP contribution >= 0.6 is 11.6 Å². The Morgan fingerprint density at radius 2 is 2.24 bits per heavy atom.